The summed E-state index contributed by atoms with van der Waals surface area (Å²) in [5, 5.41) is 10.9. The van der Waals surface area contributed by atoms with Crippen molar-refractivity contribution in [1.29, 1.82) is 0 Å². The molecular formula is C19H23NO7. The highest BCUT2D eigenvalue weighted by atomic mass is 16.5. The van der Waals surface area contributed by atoms with E-state index in [0.717, 1.165) is 0 Å². The van der Waals surface area contributed by atoms with Crippen LogP contribution in [0.25, 0.3) is 11.0 Å². The van der Waals surface area contributed by atoms with Gasteiger partial charge in [0.1, 0.15) is 5.58 Å². The van der Waals surface area contributed by atoms with Gasteiger partial charge in [-0.25, -0.2) is 4.79 Å². The minimum atomic E-state index is -0.594. The number of methoxy groups -OCH3 is 2. The van der Waals surface area contributed by atoms with E-state index in [1.165, 1.54) is 14.2 Å². The van der Waals surface area contributed by atoms with Gasteiger partial charge in [0.15, 0.2) is 11.5 Å². The van der Waals surface area contributed by atoms with Gasteiger partial charge in [0, 0.05) is 25.6 Å². The summed E-state index contributed by atoms with van der Waals surface area (Å²) in [6.07, 6.45) is -0.0487. The highest BCUT2D eigenvalue weighted by Gasteiger charge is 2.23. The number of ether oxygens (including phenoxy) is 3. The highest BCUT2D eigenvalue weighted by molar-refractivity contribution is 5.89. The fourth-order valence-electron chi connectivity index (χ4n) is 3.26. The third-order valence-electron chi connectivity index (χ3n) is 4.81. The van der Waals surface area contributed by atoms with Crippen molar-refractivity contribution in [3.8, 4) is 11.5 Å². The number of rotatable bonds is 5. The van der Waals surface area contributed by atoms with Crippen molar-refractivity contribution >= 4 is 16.9 Å². The standard InChI is InChI=1S/C19H23NO7/c1-11-12-8-15(25-3)17(22)14(10-24-2)18(12)27-19(23)13(11)9-16(21)20-4-6-26-7-5-20/h8,22H,4-7,9-10H2,1-3H3. The molecule has 3 rings (SSSR count). The van der Waals surface area contributed by atoms with E-state index in [-0.39, 0.29) is 36.0 Å². The highest BCUT2D eigenvalue weighted by Crippen LogP contribution is 2.38. The van der Waals surface area contributed by atoms with Crippen molar-refractivity contribution in [2.24, 2.45) is 0 Å². The van der Waals surface area contributed by atoms with Crippen LogP contribution in [0.4, 0.5) is 0 Å². The fourth-order valence-corrected chi connectivity index (χ4v) is 3.26. The van der Waals surface area contributed by atoms with Crippen LogP contribution in [-0.4, -0.2) is 56.4 Å². The number of aromatic hydroxyl groups is 1. The number of hydrogen-bond donors (Lipinski definition) is 1. The summed E-state index contributed by atoms with van der Waals surface area (Å²) in [5.41, 5.74) is 0.899. The van der Waals surface area contributed by atoms with E-state index in [4.69, 9.17) is 18.6 Å². The molecule has 0 radical (unpaired) electrons. The third kappa shape index (κ3) is 3.63. The van der Waals surface area contributed by atoms with E-state index < -0.39 is 5.63 Å². The number of aryl methyl sites for hydroxylation is 1. The summed E-state index contributed by atoms with van der Waals surface area (Å²) < 4.78 is 21.1. The minimum absolute atomic E-state index is 0.0487. The van der Waals surface area contributed by atoms with Crippen LogP contribution in [0, 0.1) is 6.92 Å². The molecular weight excluding hydrogens is 354 g/mol. The molecule has 146 valence electrons. The summed E-state index contributed by atoms with van der Waals surface area (Å²) >= 11 is 0. The monoisotopic (exact) mass is 377 g/mol. The number of phenolic OH excluding ortho intramolecular Hbond substituents is 1. The number of carbonyl (C=O) groups is 1. The molecule has 2 heterocycles. The lowest BCUT2D eigenvalue weighted by atomic mass is 10.00. The molecule has 1 N–H and O–H groups in total. The summed E-state index contributed by atoms with van der Waals surface area (Å²) in [6.45, 7) is 3.82. The van der Waals surface area contributed by atoms with E-state index in [1.807, 2.05) is 0 Å². The van der Waals surface area contributed by atoms with Gasteiger partial charge in [-0.3, -0.25) is 4.79 Å². The predicted molar refractivity (Wildman–Crippen MR) is 97.3 cm³/mol. The molecule has 2 aromatic rings. The summed E-state index contributed by atoms with van der Waals surface area (Å²) in [7, 11) is 2.92. The number of carbonyl (C=O) groups excluding carboxylic acids is 1. The number of amides is 1. The van der Waals surface area contributed by atoms with Gasteiger partial charge in [0.25, 0.3) is 0 Å². The quantitative estimate of drug-likeness (QED) is 0.786. The van der Waals surface area contributed by atoms with Crippen molar-refractivity contribution in [2.45, 2.75) is 20.0 Å². The Bertz CT molecular complexity index is 913. The number of nitrogens with zero attached hydrogens (tertiary/aromatic N) is 1. The van der Waals surface area contributed by atoms with Gasteiger partial charge >= 0.3 is 5.63 Å². The Morgan fingerprint density at radius 1 is 1.26 bits per heavy atom. The second-order valence-electron chi connectivity index (χ2n) is 6.38. The molecule has 1 aromatic heterocycles. The first kappa shape index (κ1) is 19.2. The van der Waals surface area contributed by atoms with Crippen LogP contribution in [0.2, 0.25) is 0 Å². The Hall–Kier alpha value is -2.58. The van der Waals surface area contributed by atoms with Crippen molar-refractivity contribution in [1.82, 2.24) is 4.90 Å². The van der Waals surface area contributed by atoms with Gasteiger partial charge in [-0.15, -0.1) is 0 Å². The van der Waals surface area contributed by atoms with Crippen LogP contribution in [0.3, 0.4) is 0 Å². The van der Waals surface area contributed by atoms with Gasteiger partial charge in [-0.05, 0) is 18.6 Å². The number of phenols is 1. The average Bonchev–Trinajstić information content (AvgIpc) is 2.68. The van der Waals surface area contributed by atoms with Crippen LogP contribution < -0.4 is 10.4 Å². The zero-order valence-corrected chi connectivity index (χ0v) is 15.7. The van der Waals surface area contributed by atoms with Crippen LogP contribution in [-0.2, 0) is 27.3 Å². The van der Waals surface area contributed by atoms with E-state index in [9.17, 15) is 14.7 Å². The first-order valence-corrected chi connectivity index (χ1v) is 8.67. The molecule has 0 spiro atoms. The van der Waals surface area contributed by atoms with Crippen LogP contribution in [0.1, 0.15) is 16.7 Å². The molecule has 1 aliphatic rings. The smallest absolute Gasteiger partial charge is 0.340 e. The van der Waals surface area contributed by atoms with Crippen LogP contribution in [0.15, 0.2) is 15.3 Å². The van der Waals surface area contributed by atoms with Gasteiger partial charge < -0.3 is 28.6 Å². The lowest BCUT2D eigenvalue weighted by Crippen LogP contribution is -2.42. The van der Waals surface area contributed by atoms with E-state index in [0.29, 0.717) is 48.4 Å². The van der Waals surface area contributed by atoms with E-state index >= 15 is 0 Å². The molecule has 1 aliphatic heterocycles. The normalized spacial score (nSPS) is 14.6. The largest absolute Gasteiger partial charge is 0.504 e. The third-order valence-corrected chi connectivity index (χ3v) is 4.81. The molecule has 0 unspecified atom stereocenters. The first-order chi connectivity index (χ1) is 13.0. The Morgan fingerprint density at radius 2 is 1.96 bits per heavy atom. The molecule has 1 aromatic carbocycles. The van der Waals surface area contributed by atoms with Gasteiger partial charge in [0.05, 0.1) is 44.5 Å². The predicted octanol–water partition coefficient (Wildman–Crippen LogP) is 1.36. The lowest BCUT2D eigenvalue weighted by molar-refractivity contribution is -0.134. The zero-order valence-electron chi connectivity index (χ0n) is 15.7. The Labute approximate surface area is 156 Å². The Kier molecular flexibility index (Phi) is 5.67. The fraction of sp³-hybridized carbons (Fsp3) is 0.474. The van der Waals surface area contributed by atoms with Gasteiger partial charge in [-0.1, -0.05) is 0 Å². The van der Waals surface area contributed by atoms with Crippen LogP contribution >= 0.6 is 0 Å². The second kappa shape index (κ2) is 7.98. The summed E-state index contributed by atoms with van der Waals surface area (Å²) in [6, 6.07) is 1.60. The molecule has 0 saturated carbocycles. The molecule has 1 amide bonds. The van der Waals surface area contributed by atoms with Gasteiger partial charge in [0.2, 0.25) is 5.91 Å². The van der Waals surface area contributed by atoms with Crippen molar-refractivity contribution in [3.63, 3.8) is 0 Å². The number of fused-ring (bicyclic) bond motifs is 1. The second-order valence-corrected chi connectivity index (χ2v) is 6.38. The van der Waals surface area contributed by atoms with E-state index in [1.54, 1.807) is 17.9 Å². The van der Waals surface area contributed by atoms with E-state index in [2.05, 4.69) is 0 Å². The SMILES string of the molecule is COCc1c(O)c(OC)cc2c(C)c(CC(=O)N3CCOCC3)c(=O)oc12. The molecule has 8 nitrogen and oxygen atoms in total. The Morgan fingerprint density at radius 3 is 2.59 bits per heavy atom. The molecule has 1 fully saturated rings. The minimum Gasteiger partial charge on any atom is -0.504 e. The van der Waals surface area contributed by atoms with Crippen molar-refractivity contribution in [3.05, 3.63) is 33.2 Å². The lowest BCUT2D eigenvalue weighted by Gasteiger charge is -2.27. The Balaban J connectivity index is 2.08. The zero-order chi connectivity index (χ0) is 19.6. The maximum absolute atomic E-state index is 12.6. The maximum atomic E-state index is 12.6. The molecule has 1 saturated heterocycles. The molecule has 0 aliphatic carbocycles. The van der Waals surface area contributed by atoms with Crippen molar-refractivity contribution < 1.29 is 28.5 Å². The maximum Gasteiger partial charge on any atom is 0.340 e. The van der Waals surface area contributed by atoms with Crippen molar-refractivity contribution in [2.75, 3.05) is 40.5 Å². The summed E-state index contributed by atoms with van der Waals surface area (Å²) in [4.78, 5) is 26.8. The summed E-state index contributed by atoms with van der Waals surface area (Å²) in [5.74, 6) is -0.0283. The molecule has 8 heteroatoms. The molecule has 0 bridgehead atoms. The number of benzene rings is 1. The number of hydrogen-bond acceptors (Lipinski definition) is 7. The van der Waals surface area contributed by atoms with Gasteiger partial charge in [-0.2, -0.15) is 0 Å². The molecule has 0 atom stereocenters. The number of morpholine rings is 1. The van der Waals surface area contributed by atoms with Crippen LogP contribution in [0.5, 0.6) is 11.5 Å². The topological polar surface area (TPSA) is 98.4 Å². The first-order valence-electron chi connectivity index (χ1n) is 8.67. The molecule has 27 heavy (non-hydrogen) atoms. The average molecular weight is 377 g/mol.